The third-order valence-corrected chi connectivity index (χ3v) is 5.03. The molecule has 0 saturated carbocycles. The van der Waals surface area contributed by atoms with Crippen molar-refractivity contribution in [2.75, 3.05) is 12.5 Å². The van der Waals surface area contributed by atoms with E-state index in [0.717, 1.165) is 27.7 Å². The third kappa shape index (κ3) is 4.27. The van der Waals surface area contributed by atoms with Crippen molar-refractivity contribution >= 4 is 22.7 Å². The van der Waals surface area contributed by atoms with Crippen molar-refractivity contribution in [1.29, 1.82) is 0 Å². The number of anilines is 1. The summed E-state index contributed by atoms with van der Waals surface area (Å²) >= 11 is 1.53. The van der Waals surface area contributed by atoms with Gasteiger partial charge in [-0.3, -0.25) is 5.43 Å². The summed E-state index contributed by atoms with van der Waals surface area (Å²) in [5, 5.41) is 7.05. The summed E-state index contributed by atoms with van der Waals surface area (Å²) in [7, 11) is 1.65. The summed E-state index contributed by atoms with van der Waals surface area (Å²) in [6.07, 6.45) is 1.76. The van der Waals surface area contributed by atoms with Crippen LogP contribution < -0.4 is 10.2 Å². The van der Waals surface area contributed by atoms with Crippen LogP contribution in [0, 0.1) is 0 Å². The first-order valence-corrected chi connectivity index (χ1v) is 9.74. The lowest BCUT2D eigenvalue weighted by Gasteiger charge is -2.02. The van der Waals surface area contributed by atoms with Crippen molar-refractivity contribution in [2.45, 2.75) is 0 Å². The number of ether oxygens (including phenoxy) is 1. The van der Waals surface area contributed by atoms with Gasteiger partial charge in [-0.15, -0.1) is 11.3 Å². The second-order valence-corrected chi connectivity index (χ2v) is 6.98. The molecule has 1 heterocycles. The lowest BCUT2D eigenvalue weighted by molar-refractivity contribution is 0.415. The summed E-state index contributed by atoms with van der Waals surface area (Å²) in [5.74, 6) is 0.827. The minimum absolute atomic E-state index is 0.756. The molecule has 28 heavy (non-hydrogen) atoms. The molecule has 0 amide bonds. The molecule has 1 aromatic heterocycles. The van der Waals surface area contributed by atoms with E-state index in [2.05, 4.69) is 51.9 Å². The number of hydrogen-bond donors (Lipinski definition) is 1. The fourth-order valence-electron chi connectivity index (χ4n) is 2.77. The molecule has 0 saturated heterocycles. The van der Waals surface area contributed by atoms with Crippen LogP contribution in [0.15, 0.2) is 89.3 Å². The molecule has 4 nitrogen and oxygen atoms in total. The quantitative estimate of drug-likeness (QED) is 0.330. The highest BCUT2D eigenvalue weighted by Crippen LogP contribution is 2.27. The standard InChI is InChI=1S/C23H19N3OS/c1-27-21-13-7-17(8-14-21)15-24-26-23-25-22(16-28-23)20-11-9-19(10-12-20)18-5-3-2-4-6-18/h2-16H,1H3,(H,25,26)/b24-15+. The Morgan fingerprint density at radius 1 is 0.857 bits per heavy atom. The van der Waals surface area contributed by atoms with Crippen LogP contribution in [0.4, 0.5) is 5.13 Å². The molecular formula is C23H19N3OS. The van der Waals surface area contributed by atoms with Crippen molar-refractivity contribution < 1.29 is 4.74 Å². The number of nitrogens with one attached hydrogen (secondary N) is 1. The van der Waals surface area contributed by atoms with Crippen molar-refractivity contribution in [3.05, 3.63) is 89.8 Å². The highest BCUT2D eigenvalue weighted by atomic mass is 32.1. The Balaban J connectivity index is 1.41. The molecule has 1 N–H and O–H groups in total. The van der Waals surface area contributed by atoms with Gasteiger partial charge in [0, 0.05) is 10.9 Å². The molecule has 0 bridgehead atoms. The van der Waals surface area contributed by atoms with Gasteiger partial charge in [0.2, 0.25) is 5.13 Å². The predicted octanol–water partition coefficient (Wildman–Crippen LogP) is 5.93. The summed E-state index contributed by atoms with van der Waals surface area (Å²) in [6, 6.07) is 26.5. The van der Waals surface area contributed by atoms with Gasteiger partial charge in [-0.2, -0.15) is 5.10 Å². The minimum Gasteiger partial charge on any atom is -0.497 e. The maximum atomic E-state index is 5.15. The fraction of sp³-hybridized carbons (Fsp3) is 0.0435. The zero-order chi connectivity index (χ0) is 19.2. The molecule has 4 rings (SSSR count). The van der Waals surface area contributed by atoms with Gasteiger partial charge in [-0.05, 0) is 41.0 Å². The molecule has 0 fully saturated rings. The van der Waals surface area contributed by atoms with Crippen LogP contribution in [0.5, 0.6) is 5.75 Å². The Morgan fingerprint density at radius 2 is 1.54 bits per heavy atom. The van der Waals surface area contributed by atoms with Gasteiger partial charge >= 0.3 is 0 Å². The highest BCUT2D eigenvalue weighted by Gasteiger charge is 2.05. The average molecular weight is 385 g/mol. The van der Waals surface area contributed by atoms with E-state index in [4.69, 9.17) is 4.74 Å². The van der Waals surface area contributed by atoms with Gasteiger partial charge in [-0.25, -0.2) is 4.98 Å². The zero-order valence-electron chi connectivity index (χ0n) is 15.4. The number of methoxy groups -OCH3 is 1. The molecule has 0 atom stereocenters. The first kappa shape index (κ1) is 17.9. The fourth-order valence-corrected chi connectivity index (χ4v) is 3.44. The van der Waals surface area contributed by atoms with Crippen molar-refractivity contribution in [3.8, 4) is 28.1 Å². The van der Waals surface area contributed by atoms with Gasteiger partial charge in [0.05, 0.1) is 19.0 Å². The average Bonchev–Trinajstić information content (AvgIpc) is 3.24. The van der Waals surface area contributed by atoms with Crippen molar-refractivity contribution in [1.82, 2.24) is 4.98 Å². The Hall–Kier alpha value is -3.44. The maximum Gasteiger partial charge on any atom is 0.203 e. The number of hydrogen-bond acceptors (Lipinski definition) is 5. The summed E-state index contributed by atoms with van der Waals surface area (Å²) < 4.78 is 5.15. The summed E-state index contributed by atoms with van der Waals surface area (Å²) in [4.78, 5) is 4.62. The van der Waals surface area contributed by atoms with E-state index in [1.54, 1.807) is 13.3 Å². The number of benzene rings is 3. The van der Waals surface area contributed by atoms with Crippen LogP contribution in [-0.2, 0) is 0 Å². The molecule has 4 aromatic rings. The van der Waals surface area contributed by atoms with E-state index in [9.17, 15) is 0 Å². The van der Waals surface area contributed by atoms with E-state index in [-0.39, 0.29) is 0 Å². The van der Waals surface area contributed by atoms with Crippen LogP contribution in [0.1, 0.15) is 5.56 Å². The number of nitrogens with zero attached hydrogens (tertiary/aromatic N) is 2. The van der Waals surface area contributed by atoms with E-state index < -0.39 is 0 Å². The molecule has 0 radical (unpaired) electrons. The lowest BCUT2D eigenvalue weighted by atomic mass is 10.0. The monoisotopic (exact) mass is 385 g/mol. The van der Waals surface area contributed by atoms with E-state index >= 15 is 0 Å². The van der Waals surface area contributed by atoms with Crippen molar-refractivity contribution in [3.63, 3.8) is 0 Å². The van der Waals surface area contributed by atoms with Crippen LogP contribution in [0.3, 0.4) is 0 Å². The van der Waals surface area contributed by atoms with Gasteiger partial charge in [-0.1, -0.05) is 54.6 Å². The minimum atomic E-state index is 0.756. The second kappa shape index (κ2) is 8.50. The molecule has 0 unspecified atom stereocenters. The predicted molar refractivity (Wildman–Crippen MR) is 117 cm³/mol. The van der Waals surface area contributed by atoms with Crippen molar-refractivity contribution in [2.24, 2.45) is 5.10 Å². The molecule has 5 heteroatoms. The SMILES string of the molecule is COc1ccc(/C=N/Nc2nc(-c3ccc(-c4ccccc4)cc3)cs2)cc1. The van der Waals surface area contributed by atoms with Crippen LogP contribution in [-0.4, -0.2) is 18.3 Å². The van der Waals surface area contributed by atoms with E-state index in [1.807, 2.05) is 47.8 Å². The summed E-state index contributed by atoms with van der Waals surface area (Å²) in [5.41, 5.74) is 8.41. The van der Waals surface area contributed by atoms with Gasteiger partial charge in [0.15, 0.2) is 0 Å². The largest absolute Gasteiger partial charge is 0.497 e. The van der Waals surface area contributed by atoms with Crippen LogP contribution in [0.2, 0.25) is 0 Å². The summed E-state index contributed by atoms with van der Waals surface area (Å²) in [6.45, 7) is 0. The second-order valence-electron chi connectivity index (χ2n) is 6.12. The van der Waals surface area contributed by atoms with Gasteiger partial charge in [0.25, 0.3) is 0 Å². The van der Waals surface area contributed by atoms with Crippen LogP contribution >= 0.6 is 11.3 Å². The zero-order valence-corrected chi connectivity index (χ0v) is 16.2. The van der Waals surface area contributed by atoms with E-state index in [0.29, 0.717) is 0 Å². The number of rotatable bonds is 6. The Kier molecular flexibility index (Phi) is 5.45. The van der Waals surface area contributed by atoms with E-state index in [1.165, 1.54) is 22.5 Å². The smallest absolute Gasteiger partial charge is 0.203 e. The molecule has 0 aliphatic carbocycles. The third-order valence-electron chi connectivity index (χ3n) is 4.28. The lowest BCUT2D eigenvalue weighted by Crippen LogP contribution is -1.90. The molecule has 0 spiro atoms. The Bertz CT molecular complexity index is 1060. The van der Waals surface area contributed by atoms with Crippen LogP contribution in [0.25, 0.3) is 22.4 Å². The first-order chi connectivity index (χ1) is 13.8. The molecule has 0 aliphatic heterocycles. The maximum absolute atomic E-state index is 5.15. The topological polar surface area (TPSA) is 46.5 Å². The highest BCUT2D eigenvalue weighted by molar-refractivity contribution is 7.14. The Morgan fingerprint density at radius 3 is 2.25 bits per heavy atom. The number of aromatic nitrogens is 1. The van der Waals surface area contributed by atoms with Gasteiger partial charge < -0.3 is 4.74 Å². The normalized spacial score (nSPS) is 10.9. The number of thiazole rings is 1. The first-order valence-electron chi connectivity index (χ1n) is 8.86. The molecule has 0 aliphatic rings. The molecular weight excluding hydrogens is 366 g/mol. The molecule has 138 valence electrons. The number of hydrazone groups is 1. The molecule has 3 aromatic carbocycles. The van der Waals surface area contributed by atoms with Gasteiger partial charge in [0.1, 0.15) is 5.75 Å². The Labute approximate surface area is 168 Å².